The Morgan fingerprint density at radius 3 is 2.04 bits per heavy atom. The first-order valence-corrected chi connectivity index (χ1v) is 10.2. The molecule has 0 N–H and O–H groups in total. The predicted octanol–water partition coefficient (Wildman–Crippen LogP) is 5.31. The van der Waals surface area contributed by atoms with Gasteiger partial charge in [0.05, 0.1) is 25.4 Å². The summed E-state index contributed by atoms with van der Waals surface area (Å²) in [4.78, 5) is 0. The molecule has 2 heteroatoms. The molecule has 2 saturated heterocycles. The molecule has 1 aromatic rings. The Morgan fingerprint density at radius 1 is 0.792 bits per heavy atom. The van der Waals surface area contributed by atoms with E-state index < -0.39 is 0 Å². The van der Waals surface area contributed by atoms with E-state index in [0.29, 0.717) is 12.2 Å². The van der Waals surface area contributed by atoms with Crippen LogP contribution in [0.2, 0.25) is 0 Å². The minimum absolute atomic E-state index is 0.327. The summed E-state index contributed by atoms with van der Waals surface area (Å²) in [7, 11) is 0. The Bertz CT molecular complexity index is 503. The van der Waals surface area contributed by atoms with Crippen molar-refractivity contribution in [2.24, 2.45) is 17.8 Å². The lowest BCUT2D eigenvalue weighted by molar-refractivity contribution is -0.0407. The summed E-state index contributed by atoms with van der Waals surface area (Å²) in [6.07, 6.45) is 11.5. The molecule has 3 fully saturated rings. The van der Waals surface area contributed by atoms with Crippen LogP contribution in [-0.2, 0) is 15.9 Å². The van der Waals surface area contributed by atoms with Gasteiger partial charge in [0.2, 0.25) is 0 Å². The molecule has 1 aromatic carbocycles. The van der Waals surface area contributed by atoms with E-state index in [1.807, 2.05) is 0 Å². The van der Waals surface area contributed by atoms with Crippen LogP contribution in [-0.4, -0.2) is 19.3 Å². The molecule has 2 aliphatic heterocycles. The minimum atomic E-state index is 0.327. The van der Waals surface area contributed by atoms with E-state index in [4.69, 9.17) is 9.47 Å². The fourth-order valence-electron chi connectivity index (χ4n) is 4.91. The number of rotatable bonds is 5. The van der Waals surface area contributed by atoms with Crippen LogP contribution in [0.25, 0.3) is 0 Å². The lowest BCUT2D eigenvalue weighted by Crippen LogP contribution is -2.30. The quantitative estimate of drug-likeness (QED) is 0.683. The number of aryl methyl sites for hydroxylation is 1. The van der Waals surface area contributed by atoms with Gasteiger partial charge in [-0.25, -0.2) is 0 Å². The number of epoxide rings is 1. The molecule has 0 radical (unpaired) electrons. The first-order valence-electron chi connectivity index (χ1n) is 10.2. The van der Waals surface area contributed by atoms with Crippen molar-refractivity contribution in [2.45, 2.75) is 70.5 Å². The molecular formula is C22H32O2. The number of ether oxygens (including phenoxy) is 2. The van der Waals surface area contributed by atoms with Gasteiger partial charge < -0.3 is 9.47 Å². The highest BCUT2D eigenvalue weighted by atomic mass is 16.6. The van der Waals surface area contributed by atoms with Crippen LogP contribution in [0.4, 0.5) is 0 Å². The fraction of sp³-hybridized carbons (Fsp3) is 0.727. The SMILES string of the molecule is CCCc1ccc(C2CCC(C3CCC(C4CO4)CC3)CO2)cc1. The fourth-order valence-corrected chi connectivity index (χ4v) is 4.91. The maximum atomic E-state index is 6.29. The molecule has 0 bridgehead atoms. The molecule has 1 saturated carbocycles. The van der Waals surface area contributed by atoms with E-state index in [1.165, 1.54) is 62.5 Å². The summed E-state index contributed by atoms with van der Waals surface area (Å²) in [5.74, 6) is 2.55. The van der Waals surface area contributed by atoms with Gasteiger partial charge in [0.15, 0.2) is 0 Å². The molecule has 0 aromatic heterocycles. The van der Waals surface area contributed by atoms with Gasteiger partial charge in [-0.2, -0.15) is 0 Å². The van der Waals surface area contributed by atoms with Crippen molar-refractivity contribution in [2.75, 3.05) is 13.2 Å². The summed E-state index contributed by atoms with van der Waals surface area (Å²) < 4.78 is 11.8. The molecule has 132 valence electrons. The highest BCUT2D eigenvalue weighted by Gasteiger charge is 2.38. The van der Waals surface area contributed by atoms with Crippen molar-refractivity contribution in [3.05, 3.63) is 35.4 Å². The van der Waals surface area contributed by atoms with Crippen LogP contribution in [0.3, 0.4) is 0 Å². The Morgan fingerprint density at radius 2 is 1.46 bits per heavy atom. The summed E-state index contributed by atoms with van der Waals surface area (Å²) in [6.45, 7) is 4.24. The highest BCUT2D eigenvalue weighted by Crippen LogP contribution is 2.42. The second kappa shape index (κ2) is 7.58. The third kappa shape index (κ3) is 3.86. The zero-order chi connectivity index (χ0) is 16.4. The maximum Gasteiger partial charge on any atom is 0.0838 e. The third-order valence-electron chi connectivity index (χ3n) is 6.57. The van der Waals surface area contributed by atoms with Gasteiger partial charge in [0.25, 0.3) is 0 Å². The summed E-state index contributed by atoms with van der Waals surface area (Å²) in [5.41, 5.74) is 2.83. The van der Waals surface area contributed by atoms with Gasteiger partial charge in [-0.1, -0.05) is 37.6 Å². The van der Waals surface area contributed by atoms with E-state index in [1.54, 1.807) is 0 Å². The van der Waals surface area contributed by atoms with E-state index in [2.05, 4.69) is 31.2 Å². The zero-order valence-corrected chi connectivity index (χ0v) is 15.1. The Balaban J connectivity index is 1.25. The summed E-state index contributed by atoms with van der Waals surface area (Å²) in [5, 5.41) is 0. The minimum Gasteiger partial charge on any atom is -0.373 e. The Hall–Kier alpha value is -0.860. The van der Waals surface area contributed by atoms with Crippen molar-refractivity contribution in [1.29, 1.82) is 0 Å². The van der Waals surface area contributed by atoms with Gasteiger partial charge in [-0.15, -0.1) is 0 Å². The molecule has 0 spiro atoms. The van der Waals surface area contributed by atoms with Crippen molar-refractivity contribution in [1.82, 2.24) is 0 Å². The highest BCUT2D eigenvalue weighted by molar-refractivity contribution is 5.24. The molecule has 3 aliphatic rings. The van der Waals surface area contributed by atoms with Crippen molar-refractivity contribution >= 4 is 0 Å². The third-order valence-corrected chi connectivity index (χ3v) is 6.57. The van der Waals surface area contributed by atoms with E-state index in [0.717, 1.165) is 31.0 Å². The molecule has 0 amide bonds. The second-order valence-corrected chi connectivity index (χ2v) is 8.20. The zero-order valence-electron chi connectivity index (χ0n) is 15.1. The standard InChI is InChI=1S/C22H32O2/c1-2-3-16-4-6-18(7-5-16)21-13-12-20(14-23-21)17-8-10-19(11-9-17)22-15-24-22/h4-7,17,19-22H,2-3,8-15H2,1H3. The Labute approximate surface area is 146 Å². The van der Waals surface area contributed by atoms with Crippen LogP contribution < -0.4 is 0 Å². The average Bonchev–Trinajstić information content (AvgIpc) is 3.48. The molecule has 24 heavy (non-hydrogen) atoms. The smallest absolute Gasteiger partial charge is 0.0838 e. The number of hydrogen-bond donors (Lipinski definition) is 0. The summed E-state index contributed by atoms with van der Waals surface area (Å²) >= 11 is 0. The Kier molecular flexibility index (Phi) is 5.24. The first kappa shape index (κ1) is 16.6. The van der Waals surface area contributed by atoms with Gasteiger partial charge in [-0.05, 0) is 73.8 Å². The van der Waals surface area contributed by atoms with Gasteiger partial charge in [-0.3, -0.25) is 0 Å². The first-order chi connectivity index (χ1) is 11.8. The maximum absolute atomic E-state index is 6.29. The molecule has 4 rings (SSSR count). The van der Waals surface area contributed by atoms with Crippen LogP contribution in [0.1, 0.15) is 69.1 Å². The lowest BCUT2D eigenvalue weighted by atomic mass is 9.73. The molecule has 3 unspecified atom stereocenters. The molecular weight excluding hydrogens is 296 g/mol. The monoisotopic (exact) mass is 328 g/mol. The van der Waals surface area contributed by atoms with Crippen molar-refractivity contribution in [3.8, 4) is 0 Å². The normalized spacial score (nSPS) is 36.5. The molecule has 2 nitrogen and oxygen atoms in total. The molecule has 1 aliphatic carbocycles. The molecule has 2 heterocycles. The van der Waals surface area contributed by atoms with E-state index >= 15 is 0 Å². The topological polar surface area (TPSA) is 21.8 Å². The van der Waals surface area contributed by atoms with Crippen LogP contribution in [0, 0.1) is 17.8 Å². The second-order valence-electron chi connectivity index (χ2n) is 8.20. The largest absolute Gasteiger partial charge is 0.373 e. The van der Waals surface area contributed by atoms with Crippen molar-refractivity contribution in [3.63, 3.8) is 0 Å². The van der Waals surface area contributed by atoms with Crippen LogP contribution in [0.15, 0.2) is 24.3 Å². The van der Waals surface area contributed by atoms with E-state index in [-0.39, 0.29) is 0 Å². The van der Waals surface area contributed by atoms with Gasteiger partial charge in [0, 0.05) is 0 Å². The number of hydrogen-bond acceptors (Lipinski definition) is 2. The average molecular weight is 328 g/mol. The van der Waals surface area contributed by atoms with Crippen LogP contribution >= 0.6 is 0 Å². The lowest BCUT2D eigenvalue weighted by Gasteiger charge is -2.37. The van der Waals surface area contributed by atoms with Crippen LogP contribution in [0.5, 0.6) is 0 Å². The predicted molar refractivity (Wildman–Crippen MR) is 97.0 cm³/mol. The summed E-state index contributed by atoms with van der Waals surface area (Å²) in [6, 6.07) is 9.15. The van der Waals surface area contributed by atoms with Gasteiger partial charge >= 0.3 is 0 Å². The van der Waals surface area contributed by atoms with Crippen molar-refractivity contribution < 1.29 is 9.47 Å². The number of benzene rings is 1. The molecule has 3 atom stereocenters. The van der Waals surface area contributed by atoms with Gasteiger partial charge in [0.1, 0.15) is 0 Å². The van der Waals surface area contributed by atoms with E-state index in [9.17, 15) is 0 Å².